The predicted molar refractivity (Wildman–Crippen MR) is 51.2 cm³/mol. The van der Waals surface area contributed by atoms with Crippen molar-refractivity contribution >= 4 is 21.7 Å². The zero-order valence-corrected chi connectivity index (χ0v) is 8.47. The number of hydrogen-bond donors (Lipinski definition) is 0. The molecule has 0 amide bonds. The molecule has 0 aliphatic heterocycles. The fraction of sp³-hybridized carbons (Fsp3) is 0.300. The first-order valence-electron chi connectivity index (χ1n) is 4.18. The highest BCUT2D eigenvalue weighted by molar-refractivity contribution is 9.10. The molecule has 1 nitrogen and oxygen atoms in total. The van der Waals surface area contributed by atoms with Crippen molar-refractivity contribution in [3.05, 3.63) is 34.1 Å². The fourth-order valence-electron chi connectivity index (χ4n) is 1.25. The van der Waals surface area contributed by atoms with Crippen LogP contribution in [0.4, 0.5) is 4.39 Å². The van der Waals surface area contributed by atoms with Crippen molar-refractivity contribution in [1.82, 2.24) is 0 Å². The molecule has 0 unspecified atom stereocenters. The van der Waals surface area contributed by atoms with Gasteiger partial charge in [0, 0.05) is 10.4 Å². The molecule has 0 N–H and O–H groups in total. The minimum Gasteiger partial charge on any atom is -0.294 e. The summed E-state index contributed by atoms with van der Waals surface area (Å²) in [6, 6.07) is 4.56. The SMILES string of the molecule is O=C(c1ccc(Br)cc1F)C1CC1. The van der Waals surface area contributed by atoms with Crippen molar-refractivity contribution in [2.75, 3.05) is 0 Å². The lowest BCUT2D eigenvalue weighted by Gasteiger charge is -2.00. The molecule has 1 aromatic rings. The summed E-state index contributed by atoms with van der Waals surface area (Å²) in [5.74, 6) is -0.396. The summed E-state index contributed by atoms with van der Waals surface area (Å²) >= 11 is 3.15. The van der Waals surface area contributed by atoms with Gasteiger partial charge in [0.2, 0.25) is 0 Å². The Morgan fingerprint density at radius 2 is 2.15 bits per heavy atom. The lowest BCUT2D eigenvalue weighted by atomic mass is 10.1. The second-order valence-electron chi connectivity index (χ2n) is 3.26. The van der Waals surface area contributed by atoms with Crippen LogP contribution in [0, 0.1) is 11.7 Å². The monoisotopic (exact) mass is 242 g/mol. The number of Topliss-reactive ketones (excluding diaryl/α,β-unsaturated/α-hetero) is 1. The summed E-state index contributed by atoms with van der Waals surface area (Å²) < 4.78 is 13.9. The van der Waals surface area contributed by atoms with E-state index in [0.29, 0.717) is 4.47 Å². The van der Waals surface area contributed by atoms with Gasteiger partial charge in [0.1, 0.15) is 5.82 Å². The molecule has 0 heterocycles. The van der Waals surface area contributed by atoms with E-state index < -0.39 is 5.82 Å². The molecule has 1 aromatic carbocycles. The third kappa shape index (κ3) is 1.80. The van der Waals surface area contributed by atoms with Crippen LogP contribution in [0.2, 0.25) is 0 Å². The number of rotatable bonds is 2. The van der Waals surface area contributed by atoms with E-state index in [1.807, 2.05) is 0 Å². The van der Waals surface area contributed by atoms with E-state index >= 15 is 0 Å². The van der Waals surface area contributed by atoms with Crippen molar-refractivity contribution in [2.24, 2.45) is 5.92 Å². The van der Waals surface area contributed by atoms with Crippen LogP contribution in [-0.2, 0) is 0 Å². The Hall–Kier alpha value is -0.700. The molecule has 13 heavy (non-hydrogen) atoms. The summed E-state index contributed by atoms with van der Waals surface area (Å²) in [5.41, 5.74) is 0.228. The minimum atomic E-state index is -0.425. The van der Waals surface area contributed by atoms with Crippen molar-refractivity contribution in [3.8, 4) is 0 Å². The zero-order valence-electron chi connectivity index (χ0n) is 6.89. The van der Waals surface area contributed by atoms with Gasteiger partial charge >= 0.3 is 0 Å². The highest BCUT2D eigenvalue weighted by atomic mass is 79.9. The van der Waals surface area contributed by atoms with E-state index in [0.717, 1.165) is 12.8 Å². The van der Waals surface area contributed by atoms with E-state index in [1.54, 1.807) is 12.1 Å². The Bertz CT molecular complexity index is 358. The van der Waals surface area contributed by atoms with Gasteiger partial charge in [0.05, 0.1) is 5.56 Å². The molecule has 68 valence electrons. The maximum absolute atomic E-state index is 13.2. The first-order valence-corrected chi connectivity index (χ1v) is 4.97. The molecule has 1 saturated carbocycles. The van der Waals surface area contributed by atoms with Gasteiger partial charge in [-0.15, -0.1) is 0 Å². The van der Waals surface area contributed by atoms with Gasteiger partial charge in [0.25, 0.3) is 0 Å². The molecule has 1 fully saturated rings. The fourth-order valence-corrected chi connectivity index (χ4v) is 1.59. The second kappa shape index (κ2) is 3.22. The number of ketones is 1. The second-order valence-corrected chi connectivity index (χ2v) is 4.18. The molecule has 1 aliphatic carbocycles. The van der Waals surface area contributed by atoms with E-state index in [1.165, 1.54) is 6.07 Å². The van der Waals surface area contributed by atoms with E-state index in [4.69, 9.17) is 0 Å². The zero-order chi connectivity index (χ0) is 9.42. The average molecular weight is 243 g/mol. The largest absolute Gasteiger partial charge is 0.294 e. The molecule has 0 spiro atoms. The first-order chi connectivity index (χ1) is 6.18. The number of hydrogen-bond acceptors (Lipinski definition) is 1. The van der Waals surface area contributed by atoms with Gasteiger partial charge < -0.3 is 0 Å². The van der Waals surface area contributed by atoms with Crippen LogP contribution < -0.4 is 0 Å². The van der Waals surface area contributed by atoms with Crippen LogP contribution in [0.25, 0.3) is 0 Å². The molecule has 3 heteroatoms. The molecule has 1 aliphatic rings. The van der Waals surface area contributed by atoms with E-state index in [-0.39, 0.29) is 17.3 Å². The Labute approximate surface area is 84.1 Å². The van der Waals surface area contributed by atoms with Crippen LogP contribution in [-0.4, -0.2) is 5.78 Å². The van der Waals surface area contributed by atoms with E-state index in [2.05, 4.69) is 15.9 Å². The quantitative estimate of drug-likeness (QED) is 0.729. The number of benzene rings is 1. The highest BCUT2D eigenvalue weighted by Crippen LogP contribution is 2.33. The van der Waals surface area contributed by atoms with Crippen molar-refractivity contribution < 1.29 is 9.18 Å². The van der Waals surface area contributed by atoms with Gasteiger partial charge in [-0.25, -0.2) is 4.39 Å². The standard InChI is InChI=1S/C10H8BrFO/c11-7-3-4-8(9(12)5-7)10(13)6-1-2-6/h3-6H,1-2H2. The predicted octanol–water partition coefficient (Wildman–Crippen LogP) is 3.18. The molecule has 0 bridgehead atoms. The van der Waals surface area contributed by atoms with Gasteiger partial charge in [-0.1, -0.05) is 15.9 Å². The Morgan fingerprint density at radius 1 is 1.46 bits per heavy atom. The van der Waals surface area contributed by atoms with Gasteiger partial charge in [-0.2, -0.15) is 0 Å². The van der Waals surface area contributed by atoms with Gasteiger partial charge in [-0.05, 0) is 31.0 Å². The van der Waals surface area contributed by atoms with Crippen LogP contribution in [0.3, 0.4) is 0 Å². The van der Waals surface area contributed by atoms with Crippen LogP contribution in [0.1, 0.15) is 23.2 Å². The van der Waals surface area contributed by atoms with Crippen LogP contribution in [0.15, 0.2) is 22.7 Å². The molecule has 0 atom stereocenters. The summed E-state index contributed by atoms with van der Waals surface area (Å²) in [4.78, 5) is 11.5. The molecule has 0 aromatic heterocycles. The lowest BCUT2D eigenvalue weighted by Crippen LogP contribution is -2.03. The molecular weight excluding hydrogens is 235 g/mol. The highest BCUT2D eigenvalue weighted by Gasteiger charge is 2.31. The maximum Gasteiger partial charge on any atom is 0.168 e. The van der Waals surface area contributed by atoms with Crippen LogP contribution in [0.5, 0.6) is 0 Å². The number of halogens is 2. The first kappa shape index (κ1) is 8.88. The summed E-state index contributed by atoms with van der Waals surface area (Å²) in [5, 5.41) is 0. The Balaban J connectivity index is 2.33. The number of carbonyl (C=O) groups excluding carboxylic acids is 1. The molecule has 0 saturated heterocycles. The summed E-state index contributed by atoms with van der Waals surface area (Å²) in [6.45, 7) is 0. The Morgan fingerprint density at radius 3 is 2.69 bits per heavy atom. The normalized spacial score (nSPS) is 15.8. The third-order valence-electron chi connectivity index (χ3n) is 2.14. The Kier molecular flexibility index (Phi) is 2.20. The van der Waals surface area contributed by atoms with Gasteiger partial charge in [0.15, 0.2) is 5.78 Å². The molecular formula is C10H8BrFO. The number of carbonyl (C=O) groups is 1. The smallest absolute Gasteiger partial charge is 0.168 e. The lowest BCUT2D eigenvalue weighted by molar-refractivity contribution is 0.0963. The summed E-state index contributed by atoms with van der Waals surface area (Å²) in [7, 11) is 0. The van der Waals surface area contributed by atoms with Gasteiger partial charge in [-0.3, -0.25) is 4.79 Å². The molecule has 0 radical (unpaired) electrons. The van der Waals surface area contributed by atoms with Crippen molar-refractivity contribution in [3.63, 3.8) is 0 Å². The third-order valence-corrected chi connectivity index (χ3v) is 2.64. The van der Waals surface area contributed by atoms with Crippen molar-refractivity contribution in [2.45, 2.75) is 12.8 Å². The minimum absolute atomic E-state index is 0.0509. The maximum atomic E-state index is 13.2. The molecule has 2 rings (SSSR count). The van der Waals surface area contributed by atoms with Crippen LogP contribution >= 0.6 is 15.9 Å². The van der Waals surface area contributed by atoms with Crippen molar-refractivity contribution in [1.29, 1.82) is 0 Å². The topological polar surface area (TPSA) is 17.1 Å². The summed E-state index contributed by atoms with van der Waals surface area (Å²) in [6.07, 6.45) is 1.82. The van der Waals surface area contributed by atoms with E-state index in [9.17, 15) is 9.18 Å². The average Bonchev–Trinajstić information content (AvgIpc) is 2.85.